The van der Waals surface area contributed by atoms with E-state index in [4.69, 9.17) is 14.7 Å². The zero-order valence-corrected chi connectivity index (χ0v) is 16.7. The second-order valence-corrected chi connectivity index (χ2v) is 7.99. The van der Waals surface area contributed by atoms with Crippen LogP contribution < -0.4 is 4.74 Å². The molecule has 5 heteroatoms. The van der Waals surface area contributed by atoms with Gasteiger partial charge in [-0.25, -0.2) is 9.97 Å². The molecule has 5 nitrogen and oxygen atoms in total. The number of likely N-dealkylation sites (tertiary alicyclic amines) is 1. The van der Waals surface area contributed by atoms with Crippen LogP contribution in [0.15, 0.2) is 24.4 Å². The van der Waals surface area contributed by atoms with E-state index in [1.54, 1.807) is 7.11 Å². The normalized spacial score (nSPS) is 21.1. The highest BCUT2D eigenvalue weighted by Crippen LogP contribution is 2.33. The van der Waals surface area contributed by atoms with Gasteiger partial charge in [-0.2, -0.15) is 0 Å². The second kappa shape index (κ2) is 7.95. The van der Waals surface area contributed by atoms with E-state index in [1.807, 2.05) is 0 Å². The summed E-state index contributed by atoms with van der Waals surface area (Å²) in [5.74, 6) is 1.98. The molecule has 1 fully saturated rings. The first-order valence-electron chi connectivity index (χ1n) is 10.0. The Hall–Kier alpha value is -1.98. The summed E-state index contributed by atoms with van der Waals surface area (Å²) >= 11 is 0. The van der Waals surface area contributed by atoms with E-state index in [9.17, 15) is 0 Å². The van der Waals surface area contributed by atoms with Gasteiger partial charge in [-0.3, -0.25) is 4.90 Å². The summed E-state index contributed by atoms with van der Waals surface area (Å²) in [5.41, 5.74) is 5.01. The number of aryl methyl sites for hydroxylation is 1. The van der Waals surface area contributed by atoms with Gasteiger partial charge in [0.1, 0.15) is 11.6 Å². The summed E-state index contributed by atoms with van der Waals surface area (Å²) in [6.07, 6.45) is 6.70. The predicted molar refractivity (Wildman–Crippen MR) is 107 cm³/mol. The molecule has 0 N–H and O–H groups in total. The maximum Gasteiger partial charge on any atom is 0.145 e. The average molecular weight is 367 g/mol. The Morgan fingerprint density at radius 1 is 1.22 bits per heavy atom. The molecule has 1 aromatic carbocycles. The van der Waals surface area contributed by atoms with Gasteiger partial charge in [0.05, 0.1) is 13.2 Å². The lowest BCUT2D eigenvalue weighted by molar-refractivity contribution is 0.132. The number of hydrogen-bond donors (Lipinski definition) is 0. The van der Waals surface area contributed by atoms with Gasteiger partial charge in [-0.05, 0) is 45.0 Å². The molecule has 0 amide bonds. The Kier molecular flexibility index (Phi) is 5.41. The number of likely N-dealkylation sites (N-methyl/N-ethyl adjacent to an activating group) is 1. The van der Waals surface area contributed by atoms with Crippen LogP contribution in [0, 0.1) is 6.92 Å². The Labute approximate surface area is 162 Å². The van der Waals surface area contributed by atoms with Gasteiger partial charge in [0.25, 0.3) is 0 Å². The lowest BCUT2D eigenvalue weighted by atomic mass is 9.99. The Morgan fingerprint density at radius 2 is 2.11 bits per heavy atom. The monoisotopic (exact) mass is 366 g/mol. The van der Waals surface area contributed by atoms with Crippen LogP contribution in [0.4, 0.5) is 0 Å². The Morgan fingerprint density at radius 3 is 2.96 bits per heavy atom. The van der Waals surface area contributed by atoms with Crippen LogP contribution in [0.5, 0.6) is 5.75 Å². The highest BCUT2D eigenvalue weighted by atomic mass is 16.5. The number of hydrogen-bond acceptors (Lipinski definition) is 5. The van der Waals surface area contributed by atoms with Crippen molar-refractivity contribution in [3.8, 4) is 5.75 Å². The van der Waals surface area contributed by atoms with Crippen LogP contribution in [0.2, 0.25) is 0 Å². The summed E-state index contributed by atoms with van der Waals surface area (Å²) in [4.78, 5) is 14.7. The number of methoxy groups -OCH3 is 1. The summed E-state index contributed by atoms with van der Waals surface area (Å²) in [5, 5.41) is 0. The number of fused-ring (bicyclic) bond motifs is 1. The van der Waals surface area contributed by atoms with E-state index in [0.717, 1.165) is 50.6 Å². The molecule has 27 heavy (non-hydrogen) atoms. The summed E-state index contributed by atoms with van der Waals surface area (Å²) < 4.78 is 5.63. The van der Waals surface area contributed by atoms with E-state index in [0.29, 0.717) is 6.04 Å². The molecule has 0 unspecified atom stereocenters. The number of benzene rings is 1. The molecule has 0 aliphatic carbocycles. The van der Waals surface area contributed by atoms with Gasteiger partial charge < -0.3 is 9.64 Å². The van der Waals surface area contributed by atoms with E-state index in [2.05, 4.69) is 48.2 Å². The summed E-state index contributed by atoms with van der Waals surface area (Å²) in [7, 11) is 3.92. The minimum absolute atomic E-state index is 0.301. The molecule has 0 bridgehead atoms. The van der Waals surface area contributed by atoms with Gasteiger partial charge >= 0.3 is 0 Å². The van der Waals surface area contributed by atoms with Gasteiger partial charge in [-0.15, -0.1) is 0 Å². The lowest BCUT2D eigenvalue weighted by Crippen LogP contribution is -2.35. The molecule has 0 saturated carbocycles. The quantitative estimate of drug-likeness (QED) is 0.828. The molecule has 2 aliphatic heterocycles. The smallest absolute Gasteiger partial charge is 0.145 e. The molecule has 2 aliphatic rings. The maximum atomic E-state index is 5.63. The minimum atomic E-state index is 0.301. The van der Waals surface area contributed by atoms with E-state index < -0.39 is 0 Å². The van der Waals surface area contributed by atoms with E-state index >= 15 is 0 Å². The fraction of sp³-hybridized carbons (Fsp3) is 0.545. The second-order valence-electron chi connectivity index (χ2n) is 7.99. The highest BCUT2D eigenvalue weighted by molar-refractivity contribution is 5.37. The average Bonchev–Trinajstić information content (AvgIpc) is 2.69. The molecule has 0 spiro atoms. The number of aromatic nitrogens is 2. The van der Waals surface area contributed by atoms with Gasteiger partial charge in [0.2, 0.25) is 0 Å². The molecule has 1 saturated heterocycles. The van der Waals surface area contributed by atoms with E-state index in [-0.39, 0.29) is 0 Å². The topological polar surface area (TPSA) is 41.5 Å². The third-order valence-electron chi connectivity index (χ3n) is 5.87. The lowest BCUT2D eigenvalue weighted by Gasteiger charge is -2.35. The van der Waals surface area contributed by atoms with Crippen LogP contribution >= 0.6 is 0 Å². The molecule has 144 valence electrons. The molecule has 4 rings (SSSR count). The number of rotatable bonds is 4. The first kappa shape index (κ1) is 18.4. The van der Waals surface area contributed by atoms with Crippen molar-refractivity contribution in [1.82, 2.24) is 19.8 Å². The third kappa shape index (κ3) is 3.99. The zero-order chi connectivity index (χ0) is 18.8. The van der Waals surface area contributed by atoms with Crippen molar-refractivity contribution in [2.24, 2.45) is 0 Å². The van der Waals surface area contributed by atoms with Crippen LogP contribution in [0.1, 0.15) is 53.5 Å². The number of ether oxygens (including phenoxy) is 1. The Bertz CT molecular complexity index is 807. The molecular formula is C22H30N4O. The zero-order valence-electron chi connectivity index (χ0n) is 16.7. The molecule has 1 atom stereocenters. The fourth-order valence-electron chi connectivity index (χ4n) is 4.31. The Balaban J connectivity index is 1.58. The summed E-state index contributed by atoms with van der Waals surface area (Å²) in [6, 6.07) is 6.79. The molecule has 1 aromatic heterocycles. The van der Waals surface area contributed by atoms with Crippen molar-refractivity contribution in [2.45, 2.75) is 51.7 Å². The largest absolute Gasteiger partial charge is 0.496 e. The maximum absolute atomic E-state index is 5.63. The highest BCUT2D eigenvalue weighted by Gasteiger charge is 2.28. The van der Waals surface area contributed by atoms with Crippen LogP contribution in [-0.2, 0) is 19.5 Å². The SMILES string of the molecule is COc1cc(C)ccc1CN1CCCC[C@@H]1c1ncc2c(n1)CCN(C)C2. The first-order chi connectivity index (χ1) is 13.1. The minimum Gasteiger partial charge on any atom is -0.496 e. The molecule has 2 aromatic rings. The van der Waals surface area contributed by atoms with Gasteiger partial charge in [-0.1, -0.05) is 18.6 Å². The van der Waals surface area contributed by atoms with Crippen molar-refractivity contribution in [2.75, 3.05) is 27.2 Å². The van der Waals surface area contributed by atoms with Gasteiger partial charge in [0.15, 0.2) is 0 Å². The van der Waals surface area contributed by atoms with Crippen molar-refractivity contribution < 1.29 is 4.74 Å². The summed E-state index contributed by atoms with van der Waals surface area (Å²) in [6.45, 7) is 6.12. The van der Waals surface area contributed by atoms with Crippen molar-refractivity contribution in [3.05, 3.63) is 52.6 Å². The first-order valence-corrected chi connectivity index (χ1v) is 10.0. The number of piperidine rings is 1. The standard InChI is InChI=1S/C22H30N4O/c1-16-7-8-17(21(12-16)27-3)15-26-10-5-4-6-20(26)22-23-13-18-14-25(2)11-9-19(18)24-22/h7-8,12-13,20H,4-6,9-11,14-15H2,1-3H3/t20-/m1/s1. The van der Waals surface area contributed by atoms with E-state index in [1.165, 1.54) is 35.2 Å². The van der Waals surface area contributed by atoms with Crippen LogP contribution in [-0.4, -0.2) is 47.0 Å². The number of nitrogens with zero attached hydrogens (tertiary/aromatic N) is 4. The van der Waals surface area contributed by atoms with Crippen molar-refractivity contribution >= 4 is 0 Å². The van der Waals surface area contributed by atoms with Gasteiger partial charge in [0, 0.05) is 49.1 Å². The van der Waals surface area contributed by atoms with Crippen molar-refractivity contribution in [1.29, 1.82) is 0 Å². The fourth-order valence-corrected chi connectivity index (χ4v) is 4.31. The predicted octanol–water partition coefficient (Wildman–Crippen LogP) is 3.51. The third-order valence-corrected chi connectivity index (χ3v) is 5.87. The van der Waals surface area contributed by atoms with Crippen LogP contribution in [0.3, 0.4) is 0 Å². The molecule has 3 heterocycles. The van der Waals surface area contributed by atoms with Crippen LogP contribution in [0.25, 0.3) is 0 Å². The molecular weight excluding hydrogens is 336 g/mol. The molecule has 0 radical (unpaired) electrons. The van der Waals surface area contributed by atoms with Crippen molar-refractivity contribution in [3.63, 3.8) is 0 Å².